The van der Waals surface area contributed by atoms with Crippen molar-refractivity contribution in [2.75, 3.05) is 27.7 Å². The quantitative estimate of drug-likeness (QED) is 0.819. The summed E-state index contributed by atoms with van der Waals surface area (Å²) in [6.45, 7) is 7.63. The van der Waals surface area contributed by atoms with E-state index in [-0.39, 0.29) is 5.54 Å². The fraction of sp³-hybridized carbons (Fsp3) is 0.625. The molecule has 0 aliphatic rings. The first-order valence-corrected chi connectivity index (χ1v) is 6.96. The van der Waals surface area contributed by atoms with Crippen LogP contribution < -0.4 is 10.1 Å². The standard InChI is InChI=1S/C16H28N2O/c1-7-14(17-12-16(2,3)18(4)5)13-10-8-9-11-15(13)19-6/h8-11,14,17H,7,12H2,1-6H3. The van der Waals surface area contributed by atoms with Gasteiger partial charge in [0.05, 0.1) is 7.11 Å². The van der Waals surface area contributed by atoms with Crippen molar-refractivity contribution in [3.05, 3.63) is 29.8 Å². The Labute approximate surface area is 118 Å². The van der Waals surface area contributed by atoms with Crippen molar-refractivity contribution in [1.82, 2.24) is 10.2 Å². The van der Waals surface area contributed by atoms with E-state index >= 15 is 0 Å². The SMILES string of the molecule is CCC(NCC(C)(C)N(C)C)c1ccccc1OC. The second-order valence-corrected chi connectivity index (χ2v) is 5.79. The highest BCUT2D eigenvalue weighted by molar-refractivity contribution is 5.35. The van der Waals surface area contributed by atoms with Gasteiger partial charge in [0, 0.05) is 23.7 Å². The molecule has 1 N–H and O–H groups in total. The normalized spacial score (nSPS) is 13.6. The lowest BCUT2D eigenvalue weighted by Gasteiger charge is -2.34. The Morgan fingerprint density at radius 1 is 1.26 bits per heavy atom. The molecule has 0 heterocycles. The molecule has 0 amide bonds. The Balaban J connectivity index is 2.79. The lowest BCUT2D eigenvalue weighted by molar-refractivity contribution is 0.183. The van der Waals surface area contributed by atoms with E-state index in [1.54, 1.807) is 7.11 Å². The summed E-state index contributed by atoms with van der Waals surface area (Å²) in [5.74, 6) is 0.963. The number of para-hydroxylation sites is 1. The molecule has 1 atom stereocenters. The maximum atomic E-state index is 5.46. The molecule has 0 spiro atoms. The van der Waals surface area contributed by atoms with Gasteiger partial charge in [-0.2, -0.15) is 0 Å². The van der Waals surface area contributed by atoms with E-state index in [0.29, 0.717) is 6.04 Å². The van der Waals surface area contributed by atoms with E-state index in [4.69, 9.17) is 4.74 Å². The van der Waals surface area contributed by atoms with Gasteiger partial charge in [-0.1, -0.05) is 25.1 Å². The molecule has 0 aliphatic heterocycles. The zero-order chi connectivity index (χ0) is 14.5. The maximum Gasteiger partial charge on any atom is 0.123 e. The van der Waals surface area contributed by atoms with E-state index in [9.17, 15) is 0 Å². The molecule has 3 nitrogen and oxygen atoms in total. The largest absolute Gasteiger partial charge is 0.496 e. The zero-order valence-electron chi connectivity index (χ0n) is 13.2. The predicted octanol–water partition coefficient (Wildman–Crippen LogP) is 3.08. The highest BCUT2D eigenvalue weighted by atomic mass is 16.5. The first-order valence-electron chi connectivity index (χ1n) is 6.96. The third-order valence-corrected chi connectivity index (χ3v) is 3.91. The number of ether oxygens (including phenoxy) is 1. The second kappa shape index (κ2) is 6.92. The van der Waals surface area contributed by atoms with Crippen LogP contribution in [0.5, 0.6) is 5.75 Å². The van der Waals surface area contributed by atoms with Gasteiger partial charge in [0.1, 0.15) is 5.75 Å². The van der Waals surface area contributed by atoms with E-state index in [1.165, 1.54) is 5.56 Å². The number of likely N-dealkylation sites (N-methyl/N-ethyl adjacent to an activating group) is 1. The minimum Gasteiger partial charge on any atom is -0.496 e. The molecule has 108 valence electrons. The van der Waals surface area contributed by atoms with Gasteiger partial charge in [-0.05, 0) is 40.4 Å². The molecule has 1 aromatic rings. The Kier molecular flexibility index (Phi) is 5.83. The molecular formula is C16H28N2O. The first-order chi connectivity index (χ1) is 8.92. The van der Waals surface area contributed by atoms with Crippen molar-refractivity contribution in [3.8, 4) is 5.75 Å². The van der Waals surface area contributed by atoms with Crippen molar-refractivity contribution in [1.29, 1.82) is 0 Å². The van der Waals surface area contributed by atoms with Crippen LogP contribution in [0.25, 0.3) is 0 Å². The fourth-order valence-corrected chi connectivity index (χ4v) is 1.96. The van der Waals surface area contributed by atoms with Gasteiger partial charge in [-0.25, -0.2) is 0 Å². The Bertz CT molecular complexity index is 388. The van der Waals surface area contributed by atoms with Crippen LogP contribution in [0.4, 0.5) is 0 Å². The molecule has 1 aromatic carbocycles. The third kappa shape index (κ3) is 4.22. The van der Waals surface area contributed by atoms with Gasteiger partial charge in [0.2, 0.25) is 0 Å². The molecule has 0 radical (unpaired) electrons. The molecule has 19 heavy (non-hydrogen) atoms. The molecular weight excluding hydrogens is 236 g/mol. The number of benzene rings is 1. The lowest BCUT2D eigenvalue weighted by atomic mass is 10.00. The smallest absolute Gasteiger partial charge is 0.123 e. The summed E-state index contributed by atoms with van der Waals surface area (Å²) in [7, 11) is 5.97. The zero-order valence-corrected chi connectivity index (χ0v) is 13.2. The van der Waals surface area contributed by atoms with E-state index in [2.05, 4.69) is 57.2 Å². The average Bonchev–Trinajstić information content (AvgIpc) is 2.39. The molecule has 0 aliphatic carbocycles. The van der Waals surface area contributed by atoms with Crippen LogP contribution in [0.2, 0.25) is 0 Å². The van der Waals surface area contributed by atoms with Gasteiger partial charge in [0.25, 0.3) is 0 Å². The van der Waals surface area contributed by atoms with Gasteiger partial charge < -0.3 is 15.0 Å². The topological polar surface area (TPSA) is 24.5 Å². The molecule has 0 saturated carbocycles. The minimum absolute atomic E-state index is 0.134. The minimum atomic E-state index is 0.134. The van der Waals surface area contributed by atoms with Crippen LogP contribution in [0.15, 0.2) is 24.3 Å². The van der Waals surface area contributed by atoms with Crippen LogP contribution in [-0.4, -0.2) is 38.2 Å². The summed E-state index contributed by atoms with van der Waals surface area (Å²) in [6.07, 6.45) is 1.05. The van der Waals surface area contributed by atoms with Crippen LogP contribution in [0.3, 0.4) is 0 Å². The summed E-state index contributed by atoms with van der Waals surface area (Å²) in [4.78, 5) is 2.24. The highest BCUT2D eigenvalue weighted by Crippen LogP contribution is 2.27. The van der Waals surface area contributed by atoms with Crippen molar-refractivity contribution < 1.29 is 4.74 Å². The van der Waals surface area contributed by atoms with Gasteiger partial charge in [-0.15, -0.1) is 0 Å². The Morgan fingerprint density at radius 3 is 2.42 bits per heavy atom. The second-order valence-electron chi connectivity index (χ2n) is 5.79. The summed E-state index contributed by atoms with van der Waals surface area (Å²) in [5, 5.41) is 3.66. The predicted molar refractivity (Wildman–Crippen MR) is 81.8 cm³/mol. The molecule has 0 aromatic heterocycles. The first kappa shape index (κ1) is 16.0. The number of methoxy groups -OCH3 is 1. The summed E-state index contributed by atoms with van der Waals surface area (Å²) in [5.41, 5.74) is 1.37. The summed E-state index contributed by atoms with van der Waals surface area (Å²) in [6, 6.07) is 8.58. The fourth-order valence-electron chi connectivity index (χ4n) is 1.96. The monoisotopic (exact) mass is 264 g/mol. The third-order valence-electron chi connectivity index (χ3n) is 3.91. The molecule has 0 bridgehead atoms. The Morgan fingerprint density at radius 2 is 1.89 bits per heavy atom. The lowest BCUT2D eigenvalue weighted by Crippen LogP contribution is -2.47. The van der Waals surface area contributed by atoms with Crippen molar-refractivity contribution >= 4 is 0 Å². The molecule has 1 unspecified atom stereocenters. The molecule has 0 fully saturated rings. The van der Waals surface area contributed by atoms with E-state index < -0.39 is 0 Å². The Hall–Kier alpha value is -1.06. The van der Waals surface area contributed by atoms with Crippen LogP contribution >= 0.6 is 0 Å². The van der Waals surface area contributed by atoms with Gasteiger partial charge >= 0.3 is 0 Å². The number of nitrogens with zero attached hydrogens (tertiary/aromatic N) is 1. The van der Waals surface area contributed by atoms with Crippen LogP contribution in [-0.2, 0) is 0 Å². The number of nitrogens with one attached hydrogen (secondary N) is 1. The number of hydrogen-bond donors (Lipinski definition) is 1. The van der Waals surface area contributed by atoms with E-state index in [0.717, 1.165) is 18.7 Å². The van der Waals surface area contributed by atoms with Crippen LogP contribution in [0.1, 0.15) is 38.8 Å². The van der Waals surface area contributed by atoms with Crippen molar-refractivity contribution in [3.63, 3.8) is 0 Å². The van der Waals surface area contributed by atoms with Crippen molar-refractivity contribution in [2.24, 2.45) is 0 Å². The maximum absolute atomic E-state index is 5.46. The molecule has 0 saturated heterocycles. The van der Waals surface area contributed by atoms with Gasteiger partial charge in [-0.3, -0.25) is 0 Å². The van der Waals surface area contributed by atoms with Crippen LogP contribution in [0, 0.1) is 0 Å². The molecule has 3 heteroatoms. The van der Waals surface area contributed by atoms with E-state index in [1.807, 2.05) is 12.1 Å². The average molecular weight is 264 g/mol. The summed E-state index contributed by atoms with van der Waals surface area (Å²) >= 11 is 0. The van der Waals surface area contributed by atoms with Gasteiger partial charge in [0.15, 0.2) is 0 Å². The highest BCUT2D eigenvalue weighted by Gasteiger charge is 2.22. The summed E-state index contributed by atoms with van der Waals surface area (Å²) < 4.78 is 5.46. The number of rotatable bonds is 7. The van der Waals surface area contributed by atoms with Crippen molar-refractivity contribution in [2.45, 2.75) is 38.8 Å². The number of hydrogen-bond acceptors (Lipinski definition) is 3. The molecule has 1 rings (SSSR count).